The third kappa shape index (κ3) is 3.03. The summed E-state index contributed by atoms with van der Waals surface area (Å²) in [6.07, 6.45) is 5.05. The van der Waals surface area contributed by atoms with Crippen LogP contribution in [0.15, 0.2) is 48.5 Å². The molecule has 1 N–H and O–H groups in total. The highest BCUT2D eigenvalue weighted by atomic mass is 16.2. The fourth-order valence-corrected chi connectivity index (χ4v) is 5.44. The van der Waals surface area contributed by atoms with Crippen molar-refractivity contribution in [3.63, 3.8) is 0 Å². The van der Waals surface area contributed by atoms with Crippen molar-refractivity contribution in [2.24, 2.45) is 0 Å². The quantitative estimate of drug-likeness (QED) is 0.665. The number of para-hydroxylation sites is 1. The minimum Gasteiger partial charge on any atom is -0.358 e. The highest BCUT2D eigenvalue weighted by Gasteiger charge is 2.30. The number of nitrogens with zero attached hydrogens (tertiary/aromatic N) is 1. The standard InChI is InChI=1S/C25H28N2O/c1-17-25(22-8-4-5-9-23(22)26-17)19-12-14-27(15-13-19)24(28)16-20-11-10-18-6-2-3-7-21(18)20/h2-9,19-20,26H,10-16H2,1H3. The molecule has 2 heterocycles. The molecule has 0 saturated carbocycles. The average Bonchev–Trinajstić information content (AvgIpc) is 3.28. The number of rotatable bonds is 3. The largest absolute Gasteiger partial charge is 0.358 e. The fraction of sp³-hybridized carbons (Fsp3) is 0.400. The average molecular weight is 373 g/mol. The van der Waals surface area contributed by atoms with Gasteiger partial charge in [-0.3, -0.25) is 4.79 Å². The van der Waals surface area contributed by atoms with Gasteiger partial charge in [0, 0.05) is 36.1 Å². The first-order valence-corrected chi connectivity index (χ1v) is 10.6. The molecule has 0 spiro atoms. The molecule has 2 aromatic carbocycles. The van der Waals surface area contributed by atoms with Crippen LogP contribution in [0, 0.1) is 6.92 Å². The van der Waals surface area contributed by atoms with E-state index in [1.807, 2.05) is 0 Å². The molecule has 1 aliphatic carbocycles. The van der Waals surface area contributed by atoms with Gasteiger partial charge in [-0.25, -0.2) is 0 Å². The Morgan fingerprint density at radius 1 is 1.04 bits per heavy atom. The van der Waals surface area contributed by atoms with E-state index in [1.54, 1.807) is 0 Å². The lowest BCUT2D eigenvalue weighted by atomic mass is 9.87. The van der Waals surface area contributed by atoms with Gasteiger partial charge in [0.05, 0.1) is 0 Å². The molecule has 2 aliphatic rings. The van der Waals surface area contributed by atoms with Crippen LogP contribution in [0.4, 0.5) is 0 Å². The number of benzene rings is 2. The minimum atomic E-state index is 0.343. The maximum atomic E-state index is 13.0. The number of H-pyrrole nitrogens is 1. The summed E-state index contributed by atoms with van der Waals surface area (Å²) in [5.74, 6) is 1.31. The number of hydrogen-bond donors (Lipinski definition) is 1. The van der Waals surface area contributed by atoms with E-state index < -0.39 is 0 Å². The topological polar surface area (TPSA) is 36.1 Å². The summed E-state index contributed by atoms with van der Waals surface area (Å²) in [5, 5.41) is 1.35. The second-order valence-electron chi connectivity index (χ2n) is 8.50. The van der Waals surface area contributed by atoms with Gasteiger partial charge in [0.2, 0.25) is 5.91 Å². The van der Waals surface area contributed by atoms with Gasteiger partial charge in [-0.2, -0.15) is 0 Å². The normalized spacial score (nSPS) is 19.9. The van der Waals surface area contributed by atoms with Crippen LogP contribution < -0.4 is 0 Å². The van der Waals surface area contributed by atoms with Crippen LogP contribution in [0.1, 0.15) is 59.9 Å². The Balaban J connectivity index is 1.25. The number of piperidine rings is 1. The third-order valence-electron chi connectivity index (χ3n) is 6.88. The van der Waals surface area contributed by atoms with Crippen LogP contribution in [0.3, 0.4) is 0 Å². The first-order valence-electron chi connectivity index (χ1n) is 10.6. The van der Waals surface area contributed by atoms with Crippen molar-refractivity contribution in [1.82, 2.24) is 9.88 Å². The molecule has 0 bridgehead atoms. The van der Waals surface area contributed by atoms with Gasteiger partial charge in [-0.05, 0) is 67.2 Å². The lowest BCUT2D eigenvalue weighted by molar-refractivity contribution is -0.132. The van der Waals surface area contributed by atoms with E-state index >= 15 is 0 Å². The zero-order chi connectivity index (χ0) is 19.1. The molecular weight excluding hydrogens is 344 g/mol. The Morgan fingerprint density at radius 2 is 1.79 bits per heavy atom. The highest BCUT2D eigenvalue weighted by molar-refractivity contribution is 5.85. The maximum absolute atomic E-state index is 13.0. The van der Waals surface area contributed by atoms with Crippen LogP contribution in [-0.4, -0.2) is 28.9 Å². The number of carbonyl (C=O) groups is 1. The maximum Gasteiger partial charge on any atom is 0.223 e. The summed E-state index contributed by atoms with van der Waals surface area (Å²) in [5.41, 5.74) is 6.82. The third-order valence-corrected chi connectivity index (χ3v) is 6.88. The number of aromatic nitrogens is 1. The van der Waals surface area contributed by atoms with E-state index in [4.69, 9.17) is 0 Å². The number of likely N-dealkylation sites (tertiary alicyclic amines) is 1. The molecule has 5 rings (SSSR count). The predicted octanol–water partition coefficient (Wildman–Crippen LogP) is 5.30. The van der Waals surface area contributed by atoms with Crippen LogP contribution in [0.25, 0.3) is 10.9 Å². The van der Waals surface area contributed by atoms with Gasteiger partial charge < -0.3 is 9.88 Å². The number of fused-ring (bicyclic) bond motifs is 2. The van der Waals surface area contributed by atoms with Gasteiger partial charge in [0.1, 0.15) is 0 Å². The minimum absolute atomic E-state index is 0.343. The number of aryl methyl sites for hydroxylation is 2. The summed E-state index contributed by atoms with van der Waals surface area (Å²) in [4.78, 5) is 18.6. The predicted molar refractivity (Wildman–Crippen MR) is 114 cm³/mol. The Kier molecular flexibility index (Phi) is 4.46. The zero-order valence-corrected chi connectivity index (χ0v) is 16.6. The SMILES string of the molecule is Cc1[nH]c2ccccc2c1C1CCN(C(=O)CC2CCc3ccccc32)CC1. The van der Waals surface area contributed by atoms with E-state index in [9.17, 15) is 4.79 Å². The summed E-state index contributed by atoms with van der Waals surface area (Å²) in [6, 6.07) is 17.2. The van der Waals surface area contributed by atoms with Crippen molar-refractivity contribution in [1.29, 1.82) is 0 Å². The molecule has 1 aliphatic heterocycles. The molecule has 1 atom stereocenters. The molecule has 0 radical (unpaired) electrons. The molecule has 3 nitrogen and oxygen atoms in total. The number of carbonyl (C=O) groups excluding carboxylic acids is 1. The van der Waals surface area contributed by atoms with Gasteiger partial charge in [0.25, 0.3) is 0 Å². The summed E-state index contributed by atoms with van der Waals surface area (Å²) in [6.45, 7) is 3.96. The fourth-order valence-electron chi connectivity index (χ4n) is 5.44. The van der Waals surface area contributed by atoms with E-state index in [-0.39, 0.29) is 0 Å². The van der Waals surface area contributed by atoms with Crippen molar-refractivity contribution in [2.45, 2.75) is 50.9 Å². The van der Waals surface area contributed by atoms with Gasteiger partial charge in [-0.1, -0.05) is 42.5 Å². The lowest BCUT2D eigenvalue weighted by Crippen LogP contribution is -2.38. The number of aromatic amines is 1. The number of hydrogen-bond acceptors (Lipinski definition) is 1. The molecule has 1 fully saturated rings. The molecule has 1 unspecified atom stereocenters. The van der Waals surface area contributed by atoms with Crippen LogP contribution in [-0.2, 0) is 11.2 Å². The molecular formula is C25H28N2O. The number of nitrogens with one attached hydrogen (secondary N) is 1. The Bertz CT molecular complexity index is 1010. The van der Waals surface area contributed by atoms with Gasteiger partial charge >= 0.3 is 0 Å². The van der Waals surface area contributed by atoms with Crippen molar-refractivity contribution in [2.75, 3.05) is 13.1 Å². The van der Waals surface area contributed by atoms with E-state index in [2.05, 4.69) is 65.3 Å². The second kappa shape index (κ2) is 7.12. The number of amides is 1. The van der Waals surface area contributed by atoms with Crippen molar-refractivity contribution >= 4 is 16.8 Å². The smallest absolute Gasteiger partial charge is 0.223 e. The lowest BCUT2D eigenvalue weighted by Gasteiger charge is -2.33. The first kappa shape index (κ1) is 17.5. The summed E-state index contributed by atoms with van der Waals surface area (Å²) in [7, 11) is 0. The van der Waals surface area contributed by atoms with Crippen molar-refractivity contribution in [3.05, 3.63) is 70.9 Å². The molecule has 3 aromatic rings. The zero-order valence-electron chi connectivity index (χ0n) is 16.6. The molecule has 1 aromatic heterocycles. The van der Waals surface area contributed by atoms with Gasteiger partial charge in [0.15, 0.2) is 0 Å². The van der Waals surface area contributed by atoms with E-state index in [1.165, 1.54) is 33.3 Å². The first-order chi connectivity index (χ1) is 13.7. The molecule has 28 heavy (non-hydrogen) atoms. The van der Waals surface area contributed by atoms with Crippen molar-refractivity contribution in [3.8, 4) is 0 Å². The summed E-state index contributed by atoms with van der Waals surface area (Å²) < 4.78 is 0. The molecule has 144 valence electrons. The summed E-state index contributed by atoms with van der Waals surface area (Å²) >= 11 is 0. The highest BCUT2D eigenvalue weighted by Crippen LogP contribution is 2.38. The Morgan fingerprint density at radius 3 is 2.64 bits per heavy atom. The van der Waals surface area contributed by atoms with Crippen LogP contribution in [0.2, 0.25) is 0 Å². The van der Waals surface area contributed by atoms with E-state index in [0.29, 0.717) is 24.2 Å². The second-order valence-corrected chi connectivity index (χ2v) is 8.50. The molecule has 1 saturated heterocycles. The van der Waals surface area contributed by atoms with Gasteiger partial charge in [-0.15, -0.1) is 0 Å². The van der Waals surface area contributed by atoms with Crippen LogP contribution in [0.5, 0.6) is 0 Å². The Hall–Kier alpha value is -2.55. The monoisotopic (exact) mass is 372 g/mol. The molecule has 3 heteroatoms. The molecule has 1 amide bonds. The van der Waals surface area contributed by atoms with Crippen molar-refractivity contribution < 1.29 is 4.79 Å². The van der Waals surface area contributed by atoms with Crippen LogP contribution >= 0.6 is 0 Å². The Labute approximate surface area is 166 Å². The van der Waals surface area contributed by atoms with E-state index in [0.717, 1.165) is 38.8 Å².